The molecule has 0 amide bonds. The fourth-order valence-electron chi connectivity index (χ4n) is 2.88. The van der Waals surface area contributed by atoms with Gasteiger partial charge in [0.1, 0.15) is 12.2 Å². The van der Waals surface area contributed by atoms with E-state index in [1.807, 2.05) is 15.3 Å². The van der Waals surface area contributed by atoms with Gasteiger partial charge in [0.2, 0.25) is 0 Å². The summed E-state index contributed by atoms with van der Waals surface area (Å²) >= 11 is 0. The van der Waals surface area contributed by atoms with Gasteiger partial charge in [0.15, 0.2) is 11.3 Å². The summed E-state index contributed by atoms with van der Waals surface area (Å²) in [4.78, 5) is 4.63. The van der Waals surface area contributed by atoms with E-state index in [0.29, 0.717) is 0 Å². The second-order valence-corrected chi connectivity index (χ2v) is 7.27. The standard InChI is InChI=1S/C18H20N6/c1-11-6-7-13(8-12(11)2)24-15-14(9-20-24)16-21-22-17(18(3,4)5)23(16)10-19-15/h6-10H,1-5H3. The van der Waals surface area contributed by atoms with Crippen molar-refractivity contribution in [3.63, 3.8) is 0 Å². The fraction of sp³-hybridized carbons (Fsp3) is 0.333. The average molecular weight is 320 g/mol. The van der Waals surface area contributed by atoms with Crippen molar-refractivity contribution in [3.8, 4) is 5.69 Å². The highest BCUT2D eigenvalue weighted by Gasteiger charge is 2.22. The molecule has 0 saturated carbocycles. The van der Waals surface area contributed by atoms with Crippen LogP contribution in [0.5, 0.6) is 0 Å². The van der Waals surface area contributed by atoms with Crippen LogP contribution in [0.1, 0.15) is 37.7 Å². The molecule has 0 spiro atoms. The van der Waals surface area contributed by atoms with Crippen LogP contribution >= 0.6 is 0 Å². The first-order valence-corrected chi connectivity index (χ1v) is 8.02. The summed E-state index contributed by atoms with van der Waals surface area (Å²) in [7, 11) is 0. The van der Waals surface area contributed by atoms with Crippen molar-refractivity contribution in [1.29, 1.82) is 0 Å². The molecule has 4 rings (SSSR count). The summed E-state index contributed by atoms with van der Waals surface area (Å²) in [5.74, 6) is 0.894. The number of nitrogens with zero attached hydrogens (tertiary/aromatic N) is 6. The first-order chi connectivity index (χ1) is 11.4. The summed E-state index contributed by atoms with van der Waals surface area (Å²) in [6.07, 6.45) is 3.60. The van der Waals surface area contributed by atoms with Gasteiger partial charge in [0, 0.05) is 5.41 Å². The highest BCUT2D eigenvalue weighted by atomic mass is 15.3. The zero-order valence-electron chi connectivity index (χ0n) is 14.6. The van der Waals surface area contributed by atoms with Crippen LogP contribution in [0.2, 0.25) is 0 Å². The number of benzene rings is 1. The Morgan fingerprint density at radius 3 is 2.46 bits per heavy atom. The Morgan fingerprint density at radius 2 is 1.75 bits per heavy atom. The molecule has 0 bridgehead atoms. The largest absolute Gasteiger partial charge is 0.268 e. The van der Waals surface area contributed by atoms with Gasteiger partial charge in [0.25, 0.3) is 0 Å². The van der Waals surface area contributed by atoms with Gasteiger partial charge in [-0.05, 0) is 37.1 Å². The Morgan fingerprint density at radius 1 is 0.958 bits per heavy atom. The van der Waals surface area contributed by atoms with Crippen molar-refractivity contribution in [2.45, 2.75) is 40.0 Å². The second-order valence-electron chi connectivity index (χ2n) is 7.27. The summed E-state index contributed by atoms with van der Waals surface area (Å²) in [5.41, 5.74) is 4.98. The third-order valence-corrected chi connectivity index (χ3v) is 4.38. The predicted molar refractivity (Wildman–Crippen MR) is 93.6 cm³/mol. The summed E-state index contributed by atoms with van der Waals surface area (Å²) in [6.45, 7) is 10.6. The van der Waals surface area contributed by atoms with Crippen molar-refractivity contribution in [2.75, 3.05) is 0 Å². The number of aryl methyl sites for hydroxylation is 2. The van der Waals surface area contributed by atoms with E-state index in [4.69, 9.17) is 0 Å². The molecule has 3 heterocycles. The normalized spacial score (nSPS) is 12.4. The topological polar surface area (TPSA) is 60.9 Å². The molecule has 0 unspecified atom stereocenters. The molecule has 0 atom stereocenters. The van der Waals surface area contributed by atoms with Crippen LogP contribution in [0, 0.1) is 13.8 Å². The minimum atomic E-state index is -0.0984. The van der Waals surface area contributed by atoms with Gasteiger partial charge >= 0.3 is 0 Å². The van der Waals surface area contributed by atoms with Crippen LogP contribution in [0.4, 0.5) is 0 Å². The smallest absolute Gasteiger partial charge is 0.174 e. The number of fused-ring (bicyclic) bond motifs is 3. The monoisotopic (exact) mass is 320 g/mol. The zero-order chi connectivity index (χ0) is 17.1. The lowest BCUT2D eigenvalue weighted by Crippen LogP contribution is -2.16. The first kappa shape index (κ1) is 14.8. The van der Waals surface area contributed by atoms with Gasteiger partial charge in [-0.2, -0.15) is 5.10 Å². The van der Waals surface area contributed by atoms with Crippen LogP contribution < -0.4 is 0 Å². The Hall–Kier alpha value is -2.76. The van der Waals surface area contributed by atoms with E-state index < -0.39 is 0 Å². The summed E-state index contributed by atoms with van der Waals surface area (Å²) in [6, 6.07) is 6.29. The molecule has 0 radical (unpaired) electrons. The Bertz CT molecular complexity index is 1060. The second kappa shape index (κ2) is 4.87. The molecular weight excluding hydrogens is 300 g/mol. The lowest BCUT2D eigenvalue weighted by atomic mass is 9.96. The maximum absolute atomic E-state index is 4.63. The Labute approximate surface area is 140 Å². The molecule has 0 saturated heterocycles. The van der Waals surface area contributed by atoms with Gasteiger partial charge in [-0.3, -0.25) is 4.40 Å². The lowest BCUT2D eigenvalue weighted by Gasteiger charge is -2.15. The van der Waals surface area contributed by atoms with Gasteiger partial charge < -0.3 is 0 Å². The van der Waals surface area contributed by atoms with Crippen molar-refractivity contribution in [2.24, 2.45) is 0 Å². The number of hydrogen-bond donors (Lipinski definition) is 0. The quantitative estimate of drug-likeness (QED) is 0.539. The summed E-state index contributed by atoms with van der Waals surface area (Å²) < 4.78 is 3.81. The highest BCUT2D eigenvalue weighted by Crippen LogP contribution is 2.25. The van der Waals surface area contributed by atoms with E-state index in [9.17, 15) is 0 Å². The molecule has 24 heavy (non-hydrogen) atoms. The van der Waals surface area contributed by atoms with Gasteiger partial charge in [-0.1, -0.05) is 26.8 Å². The minimum Gasteiger partial charge on any atom is -0.268 e. The maximum atomic E-state index is 4.63. The van der Waals surface area contributed by atoms with Crippen LogP contribution in [0.3, 0.4) is 0 Å². The molecule has 3 aromatic heterocycles. The molecule has 6 nitrogen and oxygen atoms in total. The first-order valence-electron chi connectivity index (χ1n) is 8.02. The van der Waals surface area contributed by atoms with Crippen LogP contribution in [0.15, 0.2) is 30.7 Å². The summed E-state index contributed by atoms with van der Waals surface area (Å²) in [5, 5.41) is 14.2. The number of hydrogen-bond acceptors (Lipinski definition) is 4. The molecule has 6 heteroatoms. The Kier molecular flexibility index (Phi) is 3.00. The fourth-order valence-corrected chi connectivity index (χ4v) is 2.88. The van der Waals surface area contributed by atoms with Crippen molar-refractivity contribution >= 4 is 16.7 Å². The van der Waals surface area contributed by atoms with Gasteiger partial charge in [0.05, 0.1) is 17.3 Å². The molecule has 1 aromatic carbocycles. The van der Waals surface area contributed by atoms with Crippen LogP contribution in [-0.2, 0) is 5.41 Å². The SMILES string of the molecule is Cc1ccc(-n2ncc3c2ncn2c(C(C)(C)C)nnc32)cc1C. The molecule has 0 aliphatic carbocycles. The number of rotatable bonds is 1. The molecule has 0 N–H and O–H groups in total. The molecule has 0 aliphatic rings. The molecule has 0 fully saturated rings. The van der Waals surface area contributed by atoms with Crippen molar-refractivity contribution < 1.29 is 0 Å². The van der Waals surface area contributed by atoms with Crippen LogP contribution in [0.25, 0.3) is 22.4 Å². The van der Waals surface area contributed by atoms with Crippen molar-refractivity contribution in [1.82, 2.24) is 29.4 Å². The Balaban J connectivity index is 1.96. The average Bonchev–Trinajstić information content (AvgIpc) is 3.12. The lowest BCUT2D eigenvalue weighted by molar-refractivity contribution is 0.537. The van der Waals surface area contributed by atoms with Crippen molar-refractivity contribution in [3.05, 3.63) is 47.7 Å². The zero-order valence-corrected chi connectivity index (χ0v) is 14.6. The predicted octanol–water partition coefficient (Wildman–Crippen LogP) is 3.38. The number of aromatic nitrogens is 6. The third kappa shape index (κ3) is 2.10. The van der Waals surface area contributed by atoms with E-state index in [1.165, 1.54) is 11.1 Å². The maximum Gasteiger partial charge on any atom is 0.174 e. The van der Waals surface area contributed by atoms with E-state index in [2.05, 4.69) is 73.1 Å². The highest BCUT2D eigenvalue weighted by molar-refractivity contribution is 5.89. The molecule has 4 aromatic rings. The van der Waals surface area contributed by atoms with E-state index >= 15 is 0 Å². The van der Waals surface area contributed by atoms with Crippen LogP contribution in [-0.4, -0.2) is 29.4 Å². The van der Waals surface area contributed by atoms with E-state index in [-0.39, 0.29) is 5.41 Å². The van der Waals surface area contributed by atoms with E-state index in [1.54, 1.807) is 6.33 Å². The van der Waals surface area contributed by atoms with E-state index in [0.717, 1.165) is 28.2 Å². The van der Waals surface area contributed by atoms with Gasteiger partial charge in [-0.25, -0.2) is 9.67 Å². The third-order valence-electron chi connectivity index (χ3n) is 4.38. The minimum absolute atomic E-state index is 0.0984. The van der Waals surface area contributed by atoms with Gasteiger partial charge in [-0.15, -0.1) is 10.2 Å². The molecular formula is C18H20N6. The molecule has 0 aliphatic heterocycles. The molecule has 122 valence electrons.